The largest absolute Gasteiger partial charge is 0.493 e. The van der Waals surface area contributed by atoms with Crippen molar-refractivity contribution in [1.82, 2.24) is 0 Å². The van der Waals surface area contributed by atoms with Crippen molar-refractivity contribution >= 4 is 11.8 Å². The van der Waals surface area contributed by atoms with Crippen molar-refractivity contribution in [3.8, 4) is 0 Å². The molecule has 1 aliphatic rings. The van der Waals surface area contributed by atoms with Crippen LogP contribution in [0.1, 0.15) is 17.2 Å². The van der Waals surface area contributed by atoms with Crippen molar-refractivity contribution in [3.63, 3.8) is 0 Å². The summed E-state index contributed by atoms with van der Waals surface area (Å²) < 4.78 is 5.67. The Morgan fingerprint density at radius 1 is 1.05 bits per heavy atom. The van der Waals surface area contributed by atoms with E-state index in [1.54, 1.807) is 18.4 Å². The highest BCUT2D eigenvalue weighted by molar-refractivity contribution is 5.52. The molecule has 0 aromatic heterocycles. The van der Waals surface area contributed by atoms with Gasteiger partial charge in [0, 0.05) is 18.1 Å². The second-order valence-corrected chi connectivity index (χ2v) is 5.08. The molecule has 4 heteroatoms. The second-order valence-electron chi connectivity index (χ2n) is 5.08. The van der Waals surface area contributed by atoms with Crippen LogP contribution in [0, 0.1) is 16.0 Å². The third kappa shape index (κ3) is 3.06. The number of benzene rings is 2. The van der Waals surface area contributed by atoms with E-state index in [9.17, 15) is 10.1 Å². The number of nitro benzene ring substituents is 1. The van der Waals surface area contributed by atoms with E-state index in [1.807, 2.05) is 42.5 Å². The van der Waals surface area contributed by atoms with Gasteiger partial charge in [-0.3, -0.25) is 10.1 Å². The van der Waals surface area contributed by atoms with E-state index < -0.39 is 4.92 Å². The van der Waals surface area contributed by atoms with Crippen LogP contribution in [0.4, 0.5) is 5.69 Å². The van der Waals surface area contributed by atoms with Crippen molar-refractivity contribution in [1.29, 1.82) is 0 Å². The Balaban J connectivity index is 1.74. The molecule has 1 aliphatic heterocycles. The number of nitro groups is 1. The average Bonchev–Trinajstić information content (AvgIpc) is 3.02. The fourth-order valence-electron chi connectivity index (χ4n) is 2.45. The summed E-state index contributed by atoms with van der Waals surface area (Å²) in [6.45, 7) is 0. The molecule has 110 valence electrons. The van der Waals surface area contributed by atoms with E-state index in [-0.39, 0.29) is 17.7 Å². The maximum Gasteiger partial charge on any atom is 0.269 e. The smallest absolute Gasteiger partial charge is 0.269 e. The van der Waals surface area contributed by atoms with Gasteiger partial charge in [0.1, 0.15) is 6.10 Å². The van der Waals surface area contributed by atoms with E-state index in [0.717, 1.165) is 11.1 Å². The van der Waals surface area contributed by atoms with Gasteiger partial charge in [0.25, 0.3) is 5.69 Å². The molecule has 0 aliphatic carbocycles. The van der Waals surface area contributed by atoms with Gasteiger partial charge in [-0.2, -0.15) is 0 Å². The van der Waals surface area contributed by atoms with Crippen LogP contribution in [-0.2, 0) is 4.74 Å². The summed E-state index contributed by atoms with van der Waals surface area (Å²) in [5.41, 5.74) is 2.16. The summed E-state index contributed by atoms with van der Waals surface area (Å²) >= 11 is 0. The highest BCUT2D eigenvalue weighted by atomic mass is 16.6. The Kier molecular flexibility index (Phi) is 4.01. The lowest BCUT2D eigenvalue weighted by atomic mass is 9.96. The highest BCUT2D eigenvalue weighted by Gasteiger charge is 2.23. The summed E-state index contributed by atoms with van der Waals surface area (Å²) in [4.78, 5) is 10.2. The second kappa shape index (κ2) is 6.26. The summed E-state index contributed by atoms with van der Waals surface area (Å²) in [6, 6.07) is 16.6. The molecule has 2 aromatic carbocycles. The lowest BCUT2D eigenvalue weighted by molar-refractivity contribution is -0.384. The van der Waals surface area contributed by atoms with Crippen LogP contribution in [0.2, 0.25) is 0 Å². The predicted octanol–water partition coefficient (Wildman–Crippen LogP) is 4.51. The van der Waals surface area contributed by atoms with Gasteiger partial charge >= 0.3 is 0 Å². The zero-order valence-corrected chi connectivity index (χ0v) is 11.8. The van der Waals surface area contributed by atoms with Gasteiger partial charge in [-0.15, -0.1) is 0 Å². The SMILES string of the molecule is O=[N+]([O-])c1ccc(/C=C/[C@H]2C=CO[C@@H]2c2ccccc2)cc1. The minimum absolute atomic E-state index is 0.0181. The van der Waals surface area contributed by atoms with Gasteiger partial charge in [-0.1, -0.05) is 42.5 Å². The first-order valence-corrected chi connectivity index (χ1v) is 7.04. The fourth-order valence-corrected chi connectivity index (χ4v) is 2.45. The van der Waals surface area contributed by atoms with Crippen molar-refractivity contribution in [3.05, 3.63) is 94.3 Å². The first kappa shape index (κ1) is 14.1. The molecule has 0 N–H and O–H groups in total. The molecule has 22 heavy (non-hydrogen) atoms. The number of non-ortho nitro benzene ring substituents is 1. The fraction of sp³-hybridized carbons (Fsp3) is 0.111. The molecule has 0 saturated heterocycles. The molecule has 4 nitrogen and oxygen atoms in total. The molecule has 0 amide bonds. The van der Waals surface area contributed by atoms with E-state index in [2.05, 4.69) is 6.08 Å². The van der Waals surface area contributed by atoms with Gasteiger partial charge in [-0.25, -0.2) is 0 Å². The maximum absolute atomic E-state index is 10.6. The lowest BCUT2D eigenvalue weighted by Crippen LogP contribution is -2.05. The topological polar surface area (TPSA) is 52.4 Å². The van der Waals surface area contributed by atoms with Crippen molar-refractivity contribution < 1.29 is 9.66 Å². The van der Waals surface area contributed by atoms with Gasteiger partial charge in [0.15, 0.2) is 0 Å². The Hall–Kier alpha value is -2.88. The van der Waals surface area contributed by atoms with Crippen LogP contribution in [0.3, 0.4) is 0 Å². The summed E-state index contributed by atoms with van der Waals surface area (Å²) in [5, 5.41) is 10.6. The van der Waals surface area contributed by atoms with Crippen LogP contribution in [0.15, 0.2) is 73.0 Å². The zero-order chi connectivity index (χ0) is 15.4. The minimum Gasteiger partial charge on any atom is -0.493 e. The number of hydrogen-bond donors (Lipinski definition) is 0. The van der Waals surface area contributed by atoms with Crippen molar-refractivity contribution in [2.45, 2.75) is 6.10 Å². The normalized spacial score (nSPS) is 20.2. The molecular formula is C18H15NO3. The molecule has 0 unspecified atom stereocenters. The average molecular weight is 293 g/mol. The Labute approximate surface area is 128 Å². The van der Waals surface area contributed by atoms with Gasteiger partial charge in [-0.05, 0) is 29.3 Å². The maximum atomic E-state index is 10.6. The molecule has 0 fully saturated rings. The quantitative estimate of drug-likeness (QED) is 0.615. The Morgan fingerprint density at radius 3 is 2.45 bits per heavy atom. The summed E-state index contributed by atoms with van der Waals surface area (Å²) in [6.07, 6.45) is 7.74. The number of rotatable bonds is 4. The van der Waals surface area contributed by atoms with Crippen molar-refractivity contribution in [2.24, 2.45) is 5.92 Å². The van der Waals surface area contributed by atoms with Crippen LogP contribution in [0.25, 0.3) is 6.08 Å². The van der Waals surface area contributed by atoms with Crippen molar-refractivity contribution in [2.75, 3.05) is 0 Å². The molecule has 2 aromatic rings. The van der Waals surface area contributed by atoms with E-state index in [4.69, 9.17) is 4.74 Å². The molecule has 0 spiro atoms. The molecular weight excluding hydrogens is 278 g/mol. The molecule has 0 bridgehead atoms. The first-order chi connectivity index (χ1) is 10.7. The lowest BCUT2D eigenvalue weighted by Gasteiger charge is -2.16. The number of hydrogen-bond acceptors (Lipinski definition) is 3. The summed E-state index contributed by atoms with van der Waals surface area (Å²) in [7, 11) is 0. The van der Waals surface area contributed by atoms with E-state index in [1.165, 1.54) is 12.1 Å². The van der Waals surface area contributed by atoms with Gasteiger partial charge < -0.3 is 4.74 Å². The van der Waals surface area contributed by atoms with Crippen LogP contribution < -0.4 is 0 Å². The molecule has 2 atom stereocenters. The zero-order valence-electron chi connectivity index (χ0n) is 11.8. The molecule has 0 radical (unpaired) electrons. The third-order valence-corrected chi connectivity index (χ3v) is 3.62. The first-order valence-electron chi connectivity index (χ1n) is 7.04. The molecule has 1 heterocycles. The highest BCUT2D eigenvalue weighted by Crippen LogP contribution is 2.33. The Morgan fingerprint density at radius 2 is 1.77 bits per heavy atom. The van der Waals surface area contributed by atoms with Crippen LogP contribution in [0.5, 0.6) is 0 Å². The number of ether oxygens (including phenoxy) is 1. The van der Waals surface area contributed by atoms with Gasteiger partial charge in [0.2, 0.25) is 0 Å². The van der Waals surface area contributed by atoms with E-state index >= 15 is 0 Å². The van der Waals surface area contributed by atoms with Crippen LogP contribution in [-0.4, -0.2) is 4.92 Å². The molecule has 3 rings (SSSR count). The third-order valence-electron chi connectivity index (χ3n) is 3.62. The van der Waals surface area contributed by atoms with Crippen LogP contribution >= 0.6 is 0 Å². The van der Waals surface area contributed by atoms with Gasteiger partial charge in [0.05, 0.1) is 11.2 Å². The van der Waals surface area contributed by atoms with E-state index in [0.29, 0.717) is 0 Å². The number of nitrogens with zero attached hydrogens (tertiary/aromatic N) is 1. The summed E-state index contributed by atoms with van der Waals surface area (Å²) in [5.74, 6) is 0.151. The molecule has 0 saturated carbocycles. The Bertz CT molecular complexity index is 705. The monoisotopic (exact) mass is 293 g/mol. The predicted molar refractivity (Wildman–Crippen MR) is 85.0 cm³/mol. The standard InChI is InChI=1S/C18H15NO3/c20-19(21)17-10-7-14(8-11-17)6-9-16-12-13-22-18(16)15-4-2-1-3-5-15/h1-13,16,18H/b9-6+/t16-,18+/m0/s1. The minimum atomic E-state index is -0.396.